The third-order valence-electron chi connectivity index (χ3n) is 5.33. The fraction of sp³-hybridized carbons (Fsp3) is 0.524. The predicted octanol–water partition coefficient (Wildman–Crippen LogP) is 3.31. The Bertz CT molecular complexity index is 708. The van der Waals surface area contributed by atoms with E-state index in [1.165, 1.54) is 32.4 Å². The minimum atomic E-state index is -0.569. The van der Waals surface area contributed by atoms with Crippen LogP contribution in [0.5, 0.6) is 11.5 Å². The van der Waals surface area contributed by atoms with Crippen LogP contribution in [-0.4, -0.2) is 43.6 Å². The van der Waals surface area contributed by atoms with Gasteiger partial charge in [0.15, 0.2) is 11.5 Å². The van der Waals surface area contributed by atoms with E-state index in [1.54, 1.807) is 24.1 Å². The number of ether oxygens (including phenoxy) is 3. The third kappa shape index (κ3) is 4.62. The fourth-order valence-corrected chi connectivity index (χ4v) is 3.91. The lowest BCUT2D eigenvalue weighted by atomic mass is 9.84. The average Bonchev–Trinajstić information content (AvgIpc) is 3.06. The second kappa shape index (κ2) is 8.93. The maximum Gasteiger partial charge on any atom is 0.328 e. The first kappa shape index (κ1) is 19.3. The van der Waals surface area contributed by atoms with Crippen LogP contribution in [0.3, 0.4) is 0 Å². The van der Waals surface area contributed by atoms with E-state index in [4.69, 9.17) is 14.2 Å². The first-order valence-electron chi connectivity index (χ1n) is 9.52. The second-order valence-electron chi connectivity index (χ2n) is 7.11. The smallest absolute Gasteiger partial charge is 0.328 e. The van der Waals surface area contributed by atoms with E-state index < -0.39 is 6.04 Å². The van der Waals surface area contributed by atoms with Crippen molar-refractivity contribution in [3.05, 3.63) is 36.1 Å². The van der Waals surface area contributed by atoms with Crippen LogP contribution >= 0.6 is 0 Å². The molecule has 1 saturated carbocycles. The molecule has 3 rings (SSSR count). The first-order valence-corrected chi connectivity index (χ1v) is 9.52. The number of esters is 1. The van der Waals surface area contributed by atoms with Crippen LogP contribution in [0.25, 0.3) is 0 Å². The average molecular weight is 373 g/mol. The molecular formula is C21H27NO5. The van der Waals surface area contributed by atoms with Crippen LogP contribution in [0.4, 0.5) is 0 Å². The third-order valence-corrected chi connectivity index (χ3v) is 5.33. The van der Waals surface area contributed by atoms with E-state index in [-0.39, 0.29) is 18.4 Å². The zero-order chi connectivity index (χ0) is 19.2. The van der Waals surface area contributed by atoms with Crippen molar-refractivity contribution in [3.8, 4) is 11.5 Å². The number of hydrogen-bond acceptors (Lipinski definition) is 5. The lowest BCUT2D eigenvalue weighted by Gasteiger charge is -2.30. The molecule has 1 heterocycles. The van der Waals surface area contributed by atoms with E-state index >= 15 is 0 Å². The van der Waals surface area contributed by atoms with Gasteiger partial charge >= 0.3 is 5.97 Å². The molecule has 0 spiro atoms. The largest absolute Gasteiger partial charge is 0.493 e. The highest BCUT2D eigenvalue weighted by Crippen LogP contribution is 2.32. The SMILES string of the molecule is COC(=O)C(CC1CCCCC1)N1CC(Oc2ccccc2OC)=CC1=O. The highest BCUT2D eigenvalue weighted by molar-refractivity contribution is 5.94. The molecule has 1 aromatic carbocycles. The summed E-state index contributed by atoms with van der Waals surface area (Å²) < 4.78 is 16.1. The van der Waals surface area contributed by atoms with Crippen LogP contribution in [0, 0.1) is 5.92 Å². The van der Waals surface area contributed by atoms with E-state index in [0.717, 1.165) is 12.8 Å². The van der Waals surface area contributed by atoms with Gasteiger partial charge in [0.25, 0.3) is 5.91 Å². The minimum absolute atomic E-state index is 0.217. The van der Waals surface area contributed by atoms with Crippen molar-refractivity contribution in [1.82, 2.24) is 4.90 Å². The number of amides is 1. The van der Waals surface area contributed by atoms with Crippen LogP contribution in [0.1, 0.15) is 38.5 Å². The minimum Gasteiger partial charge on any atom is -0.493 e. The summed E-state index contributed by atoms with van der Waals surface area (Å²) in [6, 6.07) is 6.70. The van der Waals surface area contributed by atoms with Gasteiger partial charge < -0.3 is 19.1 Å². The Kier molecular flexibility index (Phi) is 6.37. The molecule has 146 valence electrons. The zero-order valence-electron chi connectivity index (χ0n) is 16.0. The standard InChI is InChI=1S/C21H27NO5/c1-25-18-10-6-7-11-19(18)27-16-13-20(23)22(14-16)17(21(24)26-2)12-15-8-4-3-5-9-15/h6-7,10-11,13,15,17H,3-5,8-9,12,14H2,1-2H3. The van der Waals surface area contributed by atoms with E-state index in [0.29, 0.717) is 29.6 Å². The Balaban J connectivity index is 1.70. The Labute approximate surface area is 160 Å². The van der Waals surface area contributed by atoms with Gasteiger partial charge in [-0.25, -0.2) is 4.79 Å². The fourth-order valence-electron chi connectivity index (χ4n) is 3.91. The molecule has 6 heteroatoms. The number of carbonyl (C=O) groups excluding carboxylic acids is 2. The van der Waals surface area contributed by atoms with Crippen molar-refractivity contribution in [2.24, 2.45) is 5.92 Å². The van der Waals surface area contributed by atoms with Crippen molar-refractivity contribution in [2.45, 2.75) is 44.6 Å². The molecule has 1 aliphatic carbocycles. The normalized spacial score (nSPS) is 18.8. The summed E-state index contributed by atoms with van der Waals surface area (Å²) in [6.45, 7) is 0.253. The van der Waals surface area contributed by atoms with Crippen LogP contribution in [0.2, 0.25) is 0 Å². The van der Waals surface area contributed by atoms with Gasteiger partial charge in [0.05, 0.1) is 20.8 Å². The van der Waals surface area contributed by atoms with Gasteiger partial charge in [-0.2, -0.15) is 0 Å². The maximum absolute atomic E-state index is 12.6. The van der Waals surface area contributed by atoms with Gasteiger partial charge in [-0.1, -0.05) is 44.2 Å². The van der Waals surface area contributed by atoms with E-state index in [1.807, 2.05) is 12.1 Å². The first-order chi connectivity index (χ1) is 13.1. The number of nitrogens with zero attached hydrogens (tertiary/aromatic N) is 1. The molecule has 6 nitrogen and oxygen atoms in total. The predicted molar refractivity (Wildman–Crippen MR) is 100 cm³/mol. The Morgan fingerprint density at radius 2 is 1.85 bits per heavy atom. The van der Waals surface area contributed by atoms with Gasteiger partial charge in [0.2, 0.25) is 0 Å². The number of methoxy groups -OCH3 is 2. The molecule has 1 aliphatic heterocycles. The summed E-state index contributed by atoms with van der Waals surface area (Å²) >= 11 is 0. The van der Waals surface area contributed by atoms with Crippen molar-refractivity contribution in [3.63, 3.8) is 0 Å². The number of benzene rings is 1. The van der Waals surface area contributed by atoms with Crippen LogP contribution in [0.15, 0.2) is 36.1 Å². The second-order valence-corrected chi connectivity index (χ2v) is 7.11. The molecule has 1 aromatic rings. The van der Waals surface area contributed by atoms with Crippen molar-refractivity contribution >= 4 is 11.9 Å². The Hall–Kier alpha value is -2.50. The van der Waals surface area contributed by atoms with Crippen molar-refractivity contribution in [2.75, 3.05) is 20.8 Å². The molecule has 27 heavy (non-hydrogen) atoms. The molecule has 1 unspecified atom stereocenters. The quantitative estimate of drug-likeness (QED) is 0.686. The summed E-state index contributed by atoms with van der Waals surface area (Å²) in [4.78, 5) is 26.5. The molecule has 1 amide bonds. The monoisotopic (exact) mass is 373 g/mol. The van der Waals surface area contributed by atoms with Crippen LogP contribution in [-0.2, 0) is 14.3 Å². The molecular weight excluding hydrogens is 346 g/mol. The van der Waals surface area contributed by atoms with Crippen LogP contribution < -0.4 is 9.47 Å². The van der Waals surface area contributed by atoms with Crippen molar-refractivity contribution < 1.29 is 23.8 Å². The molecule has 2 aliphatic rings. The van der Waals surface area contributed by atoms with E-state index in [2.05, 4.69) is 0 Å². The lowest BCUT2D eigenvalue weighted by molar-refractivity contribution is -0.151. The Morgan fingerprint density at radius 3 is 2.52 bits per heavy atom. The number of rotatable bonds is 7. The highest BCUT2D eigenvalue weighted by atomic mass is 16.5. The molecule has 1 atom stereocenters. The summed E-state index contributed by atoms with van der Waals surface area (Å²) in [7, 11) is 2.94. The van der Waals surface area contributed by atoms with Gasteiger partial charge in [0, 0.05) is 6.08 Å². The molecule has 0 bridgehead atoms. The zero-order valence-corrected chi connectivity index (χ0v) is 16.0. The number of carbonyl (C=O) groups is 2. The summed E-state index contributed by atoms with van der Waals surface area (Å²) in [6.07, 6.45) is 7.93. The summed E-state index contributed by atoms with van der Waals surface area (Å²) in [5.74, 6) is 1.52. The van der Waals surface area contributed by atoms with Gasteiger partial charge in [-0.3, -0.25) is 4.79 Å². The highest BCUT2D eigenvalue weighted by Gasteiger charge is 2.36. The number of para-hydroxylation sites is 2. The molecule has 0 N–H and O–H groups in total. The molecule has 0 aromatic heterocycles. The topological polar surface area (TPSA) is 65.1 Å². The lowest BCUT2D eigenvalue weighted by Crippen LogP contribution is -2.44. The van der Waals surface area contributed by atoms with Crippen molar-refractivity contribution in [1.29, 1.82) is 0 Å². The van der Waals surface area contributed by atoms with Gasteiger partial charge in [0.1, 0.15) is 11.8 Å². The maximum atomic E-state index is 12.6. The summed E-state index contributed by atoms with van der Waals surface area (Å²) in [5, 5.41) is 0. The molecule has 1 fully saturated rings. The van der Waals surface area contributed by atoms with Gasteiger partial charge in [-0.15, -0.1) is 0 Å². The van der Waals surface area contributed by atoms with E-state index in [9.17, 15) is 9.59 Å². The van der Waals surface area contributed by atoms with Gasteiger partial charge in [-0.05, 0) is 24.5 Å². The summed E-state index contributed by atoms with van der Waals surface area (Å²) in [5.41, 5.74) is 0. The Morgan fingerprint density at radius 1 is 1.15 bits per heavy atom. The molecule has 0 radical (unpaired) electrons. The number of hydrogen-bond donors (Lipinski definition) is 0. The molecule has 0 saturated heterocycles.